The molecule has 0 aliphatic heterocycles. The number of ether oxygens (including phenoxy) is 1. The number of nitrogens with zero attached hydrogens (tertiary/aromatic N) is 5. The maximum atomic E-state index is 12.8. The Morgan fingerprint density at radius 3 is 2.95 bits per heavy atom. The maximum Gasteiger partial charge on any atom is 0.230 e. The lowest BCUT2D eigenvalue weighted by Crippen LogP contribution is -2.21. The van der Waals surface area contributed by atoms with Gasteiger partial charge < -0.3 is 4.74 Å². The van der Waals surface area contributed by atoms with Gasteiger partial charge in [-0.2, -0.15) is 5.10 Å². The number of guanidine groups is 1. The average Bonchev–Trinajstić information content (AvgIpc) is 3.01. The molecule has 110 valence electrons. The van der Waals surface area contributed by atoms with Gasteiger partial charge in [-0.1, -0.05) is 6.58 Å². The Labute approximate surface area is 121 Å². The van der Waals surface area contributed by atoms with Crippen LogP contribution in [0.3, 0.4) is 0 Å². The van der Waals surface area contributed by atoms with Crippen LogP contribution in [0.2, 0.25) is 0 Å². The van der Waals surface area contributed by atoms with Crippen molar-refractivity contribution in [1.82, 2.24) is 20.1 Å². The van der Waals surface area contributed by atoms with Crippen LogP contribution in [-0.2, 0) is 4.74 Å². The monoisotopic (exact) mass is 290 g/mol. The van der Waals surface area contributed by atoms with E-state index in [-0.39, 0.29) is 11.8 Å². The van der Waals surface area contributed by atoms with Crippen molar-refractivity contribution in [1.29, 1.82) is 0 Å². The second-order valence-electron chi connectivity index (χ2n) is 3.42. The molecule has 0 atom stereocenters. The molecule has 8 heteroatoms. The fraction of sp³-hybridized carbons (Fsp3) is 0.0769. The zero-order chi connectivity index (χ0) is 15.5. The summed E-state index contributed by atoms with van der Waals surface area (Å²) in [6.45, 7) is 6.89. The molecule has 0 aliphatic carbocycles. The zero-order valence-electron chi connectivity index (χ0n) is 11.5. The number of halogens is 1. The first-order valence-corrected chi connectivity index (χ1v) is 5.76. The van der Waals surface area contributed by atoms with Crippen LogP contribution in [-0.4, -0.2) is 34.2 Å². The molecule has 0 unspecified atom stereocenters. The van der Waals surface area contributed by atoms with Gasteiger partial charge in [-0.05, 0) is 24.8 Å². The molecule has 1 N–H and O–H groups in total. The smallest absolute Gasteiger partial charge is 0.230 e. The number of nitrogens with one attached hydrogen (secondary N) is 1. The minimum absolute atomic E-state index is 0.181. The van der Waals surface area contributed by atoms with Gasteiger partial charge in [0.05, 0.1) is 7.11 Å². The van der Waals surface area contributed by atoms with Crippen molar-refractivity contribution in [3.63, 3.8) is 0 Å². The summed E-state index contributed by atoms with van der Waals surface area (Å²) >= 11 is 0. The van der Waals surface area contributed by atoms with Crippen molar-refractivity contribution in [2.45, 2.75) is 0 Å². The van der Waals surface area contributed by atoms with E-state index in [1.54, 1.807) is 0 Å². The van der Waals surface area contributed by atoms with Crippen LogP contribution in [0.5, 0.6) is 0 Å². The van der Waals surface area contributed by atoms with Gasteiger partial charge in [-0.25, -0.2) is 24.0 Å². The van der Waals surface area contributed by atoms with E-state index in [1.165, 1.54) is 49.1 Å². The van der Waals surface area contributed by atoms with Crippen LogP contribution in [0.4, 0.5) is 4.39 Å². The molecular formula is C13H15FN6O. The summed E-state index contributed by atoms with van der Waals surface area (Å²) in [6.07, 6.45) is 9.27. The number of hydrogen-bond acceptors (Lipinski definition) is 4. The molecule has 0 spiro atoms. The second kappa shape index (κ2) is 8.97. The van der Waals surface area contributed by atoms with E-state index in [9.17, 15) is 4.39 Å². The van der Waals surface area contributed by atoms with Crippen molar-refractivity contribution >= 4 is 12.3 Å². The Balaban J connectivity index is 2.80. The Kier molecular flexibility index (Phi) is 6.84. The highest BCUT2D eigenvalue weighted by Gasteiger charge is 1.97. The molecule has 1 heterocycles. The van der Waals surface area contributed by atoms with Crippen molar-refractivity contribution in [2.75, 3.05) is 7.11 Å². The average molecular weight is 290 g/mol. The van der Waals surface area contributed by atoms with E-state index in [2.05, 4.69) is 38.5 Å². The molecule has 0 saturated carbocycles. The first-order chi connectivity index (χ1) is 10.2. The highest BCUT2D eigenvalue weighted by atomic mass is 19.1. The lowest BCUT2D eigenvalue weighted by molar-refractivity contribution is 0.277. The number of aromatic nitrogens is 3. The largest absolute Gasteiger partial charge is 0.483 e. The quantitative estimate of drug-likeness (QED) is 0.375. The number of rotatable bonds is 6. The van der Waals surface area contributed by atoms with E-state index in [0.717, 1.165) is 6.08 Å². The Bertz CT molecular complexity index is 586. The van der Waals surface area contributed by atoms with Gasteiger partial charge in [0.1, 0.15) is 24.8 Å². The molecule has 0 saturated heterocycles. The lowest BCUT2D eigenvalue weighted by atomic mass is 10.4. The molecule has 0 bridgehead atoms. The summed E-state index contributed by atoms with van der Waals surface area (Å²) in [4.78, 5) is 11.8. The lowest BCUT2D eigenvalue weighted by Gasteiger charge is -2.05. The van der Waals surface area contributed by atoms with Crippen LogP contribution in [0.1, 0.15) is 0 Å². The van der Waals surface area contributed by atoms with Gasteiger partial charge in [-0.15, -0.1) is 0 Å². The molecule has 0 amide bonds. The zero-order valence-corrected chi connectivity index (χ0v) is 11.5. The summed E-state index contributed by atoms with van der Waals surface area (Å²) in [7, 11) is 1.45. The van der Waals surface area contributed by atoms with Crippen molar-refractivity contribution in [3.05, 3.63) is 62.0 Å². The van der Waals surface area contributed by atoms with E-state index in [4.69, 9.17) is 4.74 Å². The normalized spacial score (nSPS) is 12.9. The van der Waals surface area contributed by atoms with Gasteiger partial charge in [0.25, 0.3) is 0 Å². The van der Waals surface area contributed by atoms with Crippen LogP contribution in [0.25, 0.3) is 0 Å². The van der Waals surface area contributed by atoms with Crippen molar-refractivity contribution in [3.8, 4) is 0 Å². The second-order valence-corrected chi connectivity index (χ2v) is 3.42. The number of hydrogen-bond donors (Lipinski definition) is 1. The fourth-order valence-corrected chi connectivity index (χ4v) is 0.981. The van der Waals surface area contributed by atoms with Gasteiger partial charge in [-0.3, -0.25) is 5.32 Å². The Hall–Kier alpha value is -3.03. The summed E-state index contributed by atoms with van der Waals surface area (Å²) in [5.41, 5.74) is 0. The third kappa shape index (κ3) is 6.62. The minimum atomic E-state index is -0.469. The van der Waals surface area contributed by atoms with Crippen molar-refractivity contribution in [2.24, 2.45) is 9.98 Å². The van der Waals surface area contributed by atoms with Gasteiger partial charge in [0.15, 0.2) is 5.88 Å². The maximum absolute atomic E-state index is 12.8. The molecule has 0 aliphatic rings. The molecule has 1 aromatic rings. The van der Waals surface area contributed by atoms with Crippen LogP contribution < -0.4 is 5.32 Å². The van der Waals surface area contributed by atoms with Crippen LogP contribution in [0.15, 0.2) is 71.9 Å². The van der Waals surface area contributed by atoms with Gasteiger partial charge in [0, 0.05) is 6.20 Å². The van der Waals surface area contributed by atoms with Gasteiger partial charge >= 0.3 is 0 Å². The summed E-state index contributed by atoms with van der Waals surface area (Å²) in [5, 5.41) is 6.57. The molecule has 7 nitrogen and oxygen atoms in total. The van der Waals surface area contributed by atoms with Crippen LogP contribution >= 0.6 is 0 Å². The molecule has 1 aromatic heterocycles. The first kappa shape index (κ1) is 16.0. The van der Waals surface area contributed by atoms with E-state index < -0.39 is 5.83 Å². The topological polar surface area (TPSA) is 76.7 Å². The molecule has 0 fully saturated rings. The molecule has 1 rings (SSSR count). The highest BCUT2D eigenvalue weighted by Crippen LogP contribution is 1.96. The fourth-order valence-electron chi connectivity index (χ4n) is 0.981. The molecular weight excluding hydrogens is 275 g/mol. The third-order valence-corrected chi connectivity index (χ3v) is 1.97. The molecule has 0 aromatic carbocycles. The van der Waals surface area contributed by atoms with E-state index >= 15 is 0 Å². The summed E-state index contributed by atoms with van der Waals surface area (Å²) in [5.74, 6) is -0.0323. The van der Waals surface area contributed by atoms with Gasteiger partial charge in [0.2, 0.25) is 5.96 Å². The third-order valence-electron chi connectivity index (χ3n) is 1.97. The molecule has 21 heavy (non-hydrogen) atoms. The summed E-state index contributed by atoms with van der Waals surface area (Å²) in [6, 6.07) is 0. The SMILES string of the molecule is C=C\C(F)=C/C=C/N=C(\N=C\n1cncn1)NC(=C)OC. The Morgan fingerprint density at radius 1 is 1.52 bits per heavy atom. The predicted molar refractivity (Wildman–Crippen MR) is 79.2 cm³/mol. The molecule has 0 radical (unpaired) electrons. The minimum Gasteiger partial charge on any atom is -0.483 e. The van der Waals surface area contributed by atoms with Crippen molar-refractivity contribution < 1.29 is 9.13 Å². The van der Waals surface area contributed by atoms with Crippen LogP contribution in [0, 0.1) is 0 Å². The van der Waals surface area contributed by atoms with E-state index in [0.29, 0.717) is 0 Å². The summed E-state index contributed by atoms with van der Waals surface area (Å²) < 4.78 is 19.1. The standard InChI is InChI=1S/C13H15FN6O/c1-4-12(14)6-5-7-16-13(19-11(2)21-3)17-10-20-9-15-8-18-20/h4-10H,1-2H2,3H3,(H,16,19)/b7-5+,12-6+,17-10+. The number of methoxy groups -OCH3 is 1. The number of allylic oxidation sites excluding steroid dienone is 4. The van der Waals surface area contributed by atoms with E-state index in [1.807, 2.05) is 0 Å². The first-order valence-electron chi connectivity index (χ1n) is 5.76. The Morgan fingerprint density at radius 2 is 2.33 bits per heavy atom. The highest BCUT2D eigenvalue weighted by molar-refractivity contribution is 5.88. The number of aliphatic imine (C=N–C) groups is 2. The predicted octanol–water partition coefficient (Wildman–Crippen LogP) is 1.77.